The molecule has 0 saturated carbocycles. The molecule has 4 nitrogen and oxygen atoms in total. The van der Waals surface area contributed by atoms with Crippen molar-refractivity contribution in [3.05, 3.63) is 0 Å². The maximum atomic E-state index is 11.9. The normalized spacial score (nSPS) is 28.8. The van der Waals surface area contributed by atoms with Crippen LogP contribution in [0.25, 0.3) is 0 Å². The van der Waals surface area contributed by atoms with Gasteiger partial charge in [-0.05, 0) is 34.1 Å². The number of hydrogen-bond donors (Lipinski definition) is 0. The van der Waals surface area contributed by atoms with Gasteiger partial charge in [-0.1, -0.05) is 23.2 Å². The van der Waals surface area contributed by atoms with E-state index in [-0.39, 0.29) is 24.2 Å². The average molecular weight is 298 g/mol. The van der Waals surface area contributed by atoms with Gasteiger partial charge in [-0.15, -0.1) is 0 Å². The molecule has 0 aromatic rings. The lowest BCUT2D eigenvalue weighted by Crippen LogP contribution is -2.48. The van der Waals surface area contributed by atoms with Crippen LogP contribution in [-0.2, 0) is 14.3 Å². The van der Waals surface area contributed by atoms with Crippen LogP contribution in [0.2, 0.25) is 0 Å². The number of amides is 1. The molecule has 0 spiro atoms. The van der Waals surface area contributed by atoms with Crippen molar-refractivity contribution in [1.82, 2.24) is 4.90 Å². The van der Waals surface area contributed by atoms with Gasteiger partial charge in [-0.25, -0.2) is 0 Å². The Morgan fingerprint density at radius 2 is 1.78 bits per heavy atom. The van der Waals surface area contributed by atoms with Gasteiger partial charge >= 0.3 is 0 Å². The topological polar surface area (TPSA) is 38.8 Å². The Kier molecular flexibility index (Phi) is 6.18. The lowest BCUT2D eigenvalue weighted by atomic mass is 10.2. The Hall–Kier alpha value is -0.0300. The Labute approximate surface area is 119 Å². The summed E-state index contributed by atoms with van der Waals surface area (Å²) < 4.78 is 11.3. The van der Waals surface area contributed by atoms with Gasteiger partial charge in [0.1, 0.15) is 0 Å². The third-order valence-corrected chi connectivity index (χ3v) is 3.24. The molecule has 1 aliphatic heterocycles. The Morgan fingerprint density at radius 1 is 1.28 bits per heavy atom. The Balaban J connectivity index is 2.63. The summed E-state index contributed by atoms with van der Waals surface area (Å²) >= 11 is 11.3. The highest BCUT2D eigenvalue weighted by Crippen LogP contribution is 2.20. The molecule has 1 amide bonds. The summed E-state index contributed by atoms with van der Waals surface area (Å²) in [4.78, 5) is 12.4. The van der Waals surface area contributed by atoms with E-state index < -0.39 is 11.1 Å². The van der Waals surface area contributed by atoms with Crippen molar-refractivity contribution >= 4 is 29.1 Å². The number of hydrogen-bond acceptors (Lipinski definition) is 3. The number of carbonyl (C=O) groups excluding carboxylic acids is 1. The minimum absolute atomic E-state index is 0.00256. The smallest absolute Gasteiger partial charge is 0.256 e. The highest BCUT2D eigenvalue weighted by molar-refractivity contribution is 6.53. The molecule has 1 heterocycles. The molecule has 18 heavy (non-hydrogen) atoms. The number of carbonyl (C=O) groups is 1. The fraction of sp³-hybridized carbons (Fsp3) is 0.917. The zero-order valence-electron chi connectivity index (χ0n) is 11.2. The molecule has 106 valence electrons. The van der Waals surface area contributed by atoms with Gasteiger partial charge < -0.3 is 14.4 Å². The van der Waals surface area contributed by atoms with E-state index in [9.17, 15) is 4.79 Å². The summed E-state index contributed by atoms with van der Waals surface area (Å²) in [5.41, 5.74) is 0. The molecule has 0 radical (unpaired) electrons. The minimum atomic E-state index is -1.05. The van der Waals surface area contributed by atoms with Gasteiger partial charge in [0.15, 0.2) is 11.1 Å². The van der Waals surface area contributed by atoms with E-state index in [4.69, 9.17) is 32.7 Å². The molecule has 0 aliphatic carbocycles. The molecule has 0 bridgehead atoms. The standard InChI is InChI=1S/C12H21Cl2NO3/c1-7(2)15(12(16)11(13)14)6-10-17-8(3)5-9(4)18-10/h7-11H,5-6H2,1-4H3. The third kappa shape index (κ3) is 4.57. The summed E-state index contributed by atoms with van der Waals surface area (Å²) in [6.07, 6.45) is 0.707. The number of nitrogens with zero attached hydrogens (tertiary/aromatic N) is 1. The fourth-order valence-corrected chi connectivity index (χ4v) is 2.31. The van der Waals surface area contributed by atoms with Gasteiger partial charge in [0.25, 0.3) is 5.91 Å². The summed E-state index contributed by atoms with van der Waals surface area (Å²) in [6.45, 7) is 8.16. The van der Waals surface area contributed by atoms with Crippen LogP contribution in [0.15, 0.2) is 0 Å². The van der Waals surface area contributed by atoms with Crippen LogP contribution < -0.4 is 0 Å². The monoisotopic (exact) mass is 297 g/mol. The fourth-order valence-electron chi connectivity index (χ4n) is 2.06. The predicted molar refractivity (Wildman–Crippen MR) is 71.8 cm³/mol. The van der Waals surface area contributed by atoms with E-state index in [1.54, 1.807) is 4.90 Å². The van der Waals surface area contributed by atoms with Gasteiger partial charge in [0.2, 0.25) is 0 Å². The van der Waals surface area contributed by atoms with Crippen LogP contribution in [0.3, 0.4) is 0 Å². The van der Waals surface area contributed by atoms with E-state index in [1.807, 2.05) is 27.7 Å². The van der Waals surface area contributed by atoms with Crippen molar-refractivity contribution < 1.29 is 14.3 Å². The Bertz CT molecular complexity index is 276. The summed E-state index contributed by atoms with van der Waals surface area (Å²) in [5.74, 6) is -0.314. The molecule has 1 fully saturated rings. The van der Waals surface area contributed by atoms with Gasteiger partial charge in [-0.3, -0.25) is 4.79 Å². The average Bonchev–Trinajstić information content (AvgIpc) is 2.23. The van der Waals surface area contributed by atoms with Crippen LogP contribution in [-0.4, -0.2) is 46.7 Å². The molecule has 1 aliphatic rings. The highest BCUT2D eigenvalue weighted by atomic mass is 35.5. The maximum absolute atomic E-state index is 11.9. The van der Waals surface area contributed by atoms with Gasteiger partial charge in [0.05, 0.1) is 18.8 Å². The summed E-state index contributed by atoms with van der Waals surface area (Å²) in [7, 11) is 0. The van der Waals surface area contributed by atoms with Crippen molar-refractivity contribution in [2.24, 2.45) is 0 Å². The first-order valence-corrected chi connectivity index (χ1v) is 7.08. The summed E-state index contributed by atoms with van der Waals surface area (Å²) in [6, 6.07) is -0.00256. The molecular formula is C12H21Cl2NO3. The zero-order chi connectivity index (χ0) is 13.9. The van der Waals surface area contributed by atoms with Crippen LogP contribution in [0.5, 0.6) is 0 Å². The third-order valence-electron chi connectivity index (χ3n) is 2.87. The van der Waals surface area contributed by atoms with Crippen molar-refractivity contribution in [3.8, 4) is 0 Å². The number of rotatable bonds is 4. The van der Waals surface area contributed by atoms with Crippen molar-refractivity contribution in [1.29, 1.82) is 0 Å². The lowest BCUT2D eigenvalue weighted by molar-refractivity contribution is -0.240. The van der Waals surface area contributed by atoms with Gasteiger partial charge in [0, 0.05) is 6.04 Å². The van der Waals surface area contributed by atoms with E-state index in [1.165, 1.54) is 0 Å². The van der Waals surface area contributed by atoms with Crippen molar-refractivity contribution in [3.63, 3.8) is 0 Å². The summed E-state index contributed by atoms with van der Waals surface area (Å²) in [5, 5.41) is 0. The molecule has 6 heteroatoms. The second kappa shape index (κ2) is 6.94. The Morgan fingerprint density at radius 3 is 2.17 bits per heavy atom. The molecule has 1 saturated heterocycles. The molecule has 0 aromatic carbocycles. The van der Waals surface area contributed by atoms with Gasteiger partial charge in [-0.2, -0.15) is 0 Å². The van der Waals surface area contributed by atoms with Crippen molar-refractivity contribution in [2.45, 2.75) is 63.5 Å². The maximum Gasteiger partial charge on any atom is 0.256 e. The quantitative estimate of drug-likeness (QED) is 0.749. The predicted octanol–water partition coefficient (Wildman–Crippen LogP) is 2.57. The number of halogens is 2. The molecule has 2 unspecified atom stereocenters. The second-order valence-corrected chi connectivity index (χ2v) is 6.04. The molecule has 0 aromatic heterocycles. The molecule has 0 N–H and O–H groups in total. The van der Waals surface area contributed by atoms with E-state index in [2.05, 4.69) is 0 Å². The molecule has 2 atom stereocenters. The van der Waals surface area contributed by atoms with Crippen molar-refractivity contribution in [2.75, 3.05) is 6.54 Å². The van der Waals surface area contributed by atoms with E-state index in [0.717, 1.165) is 6.42 Å². The highest BCUT2D eigenvalue weighted by Gasteiger charge is 2.30. The number of ether oxygens (including phenoxy) is 2. The number of alkyl halides is 2. The first-order valence-electron chi connectivity index (χ1n) is 6.20. The van der Waals surface area contributed by atoms with E-state index >= 15 is 0 Å². The largest absolute Gasteiger partial charge is 0.348 e. The minimum Gasteiger partial charge on any atom is -0.348 e. The SMILES string of the molecule is CC1CC(C)OC(CN(C(=O)C(Cl)Cl)C(C)C)O1. The van der Waals surface area contributed by atoms with Crippen LogP contribution in [0.1, 0.15) is 34.1 Å². The molecule has 1 rings (SSSR count). The first-order chi connectivity index (χ1) is 8.31. The van der Waals surface area contributed by atoms with Crippen LogP contribution in [0, 0.1) is 0 Å². The first kappa shape index (κ1) is 16.0. The zero-order valence-corrected chi connectivity index (χ0v) is 12.7. The van der Waals surface area contributed by atoms with Crippen LogP contribution >= 0.6 is 23.2 Å². The lowest BCUT2D eigenvalue weighted by Gasteiger charge is -2.37. The molecular weight excluding hydrogens is 277 g/mol. The van der Waals surface area contributed by atoms with Crippen LogP contribution in [0.4, 0.5) is 0 Å². The van der Waals surface area contributed by atoms with E-state index in [0.29, 0.717) is 6.54 Å². The second-order valence-electron chi connectivity index (χ2n) is 4.94.